The third-order valence-corrected chi connectivity index (χ3v) is 12.9. The molecule has 0 unspecified atom stereocenters. The molecule has 0 fully saturated rings. The number of allylic oxidation sites excluding steroid dienone is 4. The Balaban J connectivity index is -0.00000112. The maximum atomic E-state index is 11.9. The van der Waals surface area contributed by atoms with Crippen LogP contribution in [0, 0.1) is 0 Å². The fourth-order valence-electron chi connectivity index (χ4n) is 7.24. The largest absolute Gasteiger partial charge is 2.00 e. The summed E-state index contributed by atoms with van der Waals surface area (Å²) >= 11 is 0. The van der Waals surface area contributed by atoms with Crippen molar-refractivity contribution in [2.75, 3.05) is 38.7 Å². The van der Waals surface area contributed by atoms with Gasteiger partial charge in [0.2, 0.25) is 11.8 Å². The molecule has 13 heteroatoms. The number of hydrogen-bond acceptors (Lipinski definition) is 8. The van der Waals surface area contributed by atoms with E-state index in [1.165, 1.54) is 190 Å². The second kappa shape index (κ2) is 49.4. The van der Waals surface area contributed by atoms with Gasteiger partial charge in [0.1, 0.15) is 0 Å². The molecule has 0 aromatic rings. The Kier molecular flexibility index (Phi) is 52.4. The number of hydrogen-bond donors (Lipinski definition) is 0. The van der Waals surface area contributed by atoms with Crippen LogP contribution in [0.4, 0.5) is 0 Å². The predicted molar refractivity (Wildman–Crippen MR) is 266 cm³/mol. The average molecular weight is 958 g/mol. The van der Waals surface area contributed by atoms with Crippen LogP contribution in [0.25, 0.3) is 0 Å². The van der Waals surface area contributed by atoms with Gasteiger partial charge in [-0.25, -0.2) is 16.8 Å². The van der Waals surface area contributed by atoms with Gasteiger partial charge >= 0.3 is 37.7 Å². The van der Waals surface area contributed by atoms with Gasteiger partial charge in [0, 0.05) is 40.0 Å². The van der Waals surface area contributed by atoms with Crippen molar-refractivity contribution in [1.82, 2.24) is 9.80 Å². The SMILES string of the molecule is CCCCCCCCCC/C=C/CCCCCCCCCC(=O)N(C)CCS(=O)(=O)[O-].CCCCCCCCCC/C=C/CCCCCCCCCC(=O)N(C)CCS(=O)(=O)[O-].[Ca+2]. The van der Waals surface area contributed by atoms with Crippen molar-refractivity contribution < 1.29 is 35.5 Å². The van der Waals surface area contributed by atoms with Gasteiger partial charge in [-0.3, -0.25) is 9.59 Å². The monoisotopic (exact) mass is 957 g/mol. The van der Waals surface area contributed by atoms with E-state index in [9.17, 15) is 35.5 Å². The van der Waals surface area contributed by atoms with Crippen molar-refractivity contribution in [3.8, 4) is 0 Å². The second-order valence-corrected chi connectivity index (χ2v) is 20.7. The topological polar surface area (TPSA) is 155 Å². The molecule has 0 N–H and O–H groups in total. The molecule has 0 saturated carbocycles. The molecule has 0 aromatic heterocycles. The fraction of sp³-hybridized carbons (Fsp3) is 0.880. The molecule has 368 valence electrons. The first kappa shape index (κ1) is 66.8. The molecular formula is C50H96CaN2O8S2. The van der Waals surface area contributed by atoms with Gasteiger partial charge in [0.25, 0.3) is 0 Å². The number of unbranched alkanes of at least 4 members (excludes halogenated alkanes) is 30. The van der Waals surface area contributed by atoms with Crippen molar-refractivity contribution in [3.05, 3.63) is 24.3 Å². The molecule has 0 saturated heterocycles. The number of amides is 2. The summed E-state index contributed by atoms with van der Waals surface area (Å²) in [6, 6.07) is 0. The fourth-order valence-corrected chi connectivity index (χ4v) is 8.23. The molecule has 0 aliphatic carbocycles. The Morgan fingerprint density at radius 2 is 0.587 bits per heavy atom. The molecule has 10 nitrogen and oxygen atoms in total. The summed E-state index contributed by atoms with van der Waals surface area (Å²) in [6.07, 6.45) is 53.2. The Morgan fingerprint density at radius 1 is 0.381 bits per heavy atom. The summed E-state index contributed by atoms with van der Waals surface area (Å²) in [4.78, 5) is 26.4. The van der Waals surface area contributed by atoms with Crippen molar-refractivity contribution in [3.63, 3.8) is 0 Å². The minimum absolute atomic E-state index is 0. The Bertz CT molecular complexity index is 1200. The zero-order valence-electron chi connectivity index (χ0n) is 41.3. The van der Waals surface area contributed by atoms with Gasteiger partial charge in [-0.05, 0) is 64.2 Å². The van der Waals surface area contributed by atoms with Crippen molar-refractivity contribution >= 4 is 69.8 Å². The molecule has 0 atom stereocenters. The van der Waals surface area contributed by atoms with Crippen LogP contribution in [0.2, 0.25) is 0 Å². The molecule has 63 heavy (non-hydrogen) atoms. The molecule has 0 heterocycles. The molecule has 0 spiro atoms. The van der Waals surface area contributed by atoms with E-state index in [1.807, 2.05) is 0 Å². The van der Waals surface area contributed by atoms with E-state index in [2.05, 4.69) is 38.2 Å². The summed E-state index contributed by atoms with van der Waals surface area (Å²) in [5.41, 5.74) is 0. The third-order valence-electron chi connectivity index (χ3n) is 11.5. The third kappa shape index (κ3) is 57.6. The van der Waals surface area contributed by atoms with Crippen molar-refractivity contribution in [1.29, 1.82) is 0 Å². The van der Waals surface area contributed by atoms with Crippen molar-refractivity contribution in [2.24, 2.45) is 0 Å². The first-order valence-corrected chi connectivity index (χ1v) is 28.5. The first-order valence-electron chi connectivity index (χ1n) is 25.4. The Labute approximate surface area is 419 Å². The molecule has 0 radical (unpaired) electrons. The summed E-state index contributed by atoms with van der Waals surface area (Å²) in [7, 11) is -5.40. The van der Waals surface area contributed by atoms with Crippen molar-refractivity contribution in [2.45, 2.75) is 245 Å². The summed E-state index contributed by atoms with van der Waals surface area (Å²) in [5.74, 6) is -1.18. The molecule has 0 aliphatic heterocycles. The maximum Gasteiger partial charge on any atom is 2.00 e. The van der Waals surface area contributed by atoms with Gasteiger partial charge in [0.15, 0.2) is 0 Å². The maximum absolute atomic E-state index is 11.9. The van der Waals surface area contributed by atoms with Gasteiger partial charge in [-0.1, -0.05) is 192 Å². The second-order valence-electron chi connectivity index (χ2n) is 17.7. The quantitative estimate of drug-likeness (QED) is 0.0253. The Hall–Kier alpha value is -0.500. The molecule has 0 aromatic carbocycles. The number of carbonyl (C=O) groups is 2. The minimum atomic E-state index is -4.26. The minimum Gasteiger partial charge on any atom is -0.748 e. The zero-order chi connectivity index (χ0) is 46.4. The average Bonchev–Trinajstić information content (AvgIpc) is 3.23. The van der Waals surface area contributed by atoms with Gasteiger partial charge in [-0.15, -0.1) is 0 Å². The standard InChI is InChI=1S/2C25H49NO4S.Ca/c2*1-3-4-5-6-7-8-9-10-11-12-13-14-15-16-17-18-19-20-21-22-25(27)26(2)23-24-31(28,29)30;/h2*12-13H,3-11,14-24H2,1-2H3,(H,28,29,30);/q;;+2/p-2/b2*13-12+;. The van der Waals surface area contributed by atoms with Gasteiger partial charge in [-0.2, -0.15) is 0 Å². The van der Waals surface area contributed by atoms with Crippen LogP contribution in [0.5, 0.6) is 0 Å². The number of carbonyl (C=O) groups excluding carboxylic acids is 2. The van der Waals surface area contributed by atoms with Crippen LogP contribution in [-0.4, -0.2) is 124 Å². The number of nitrogens with zero attached hydrogens (tertiary/aromatic N) is 2. The summed E-state index contributed by atoms with van der Waals surface area (Å²) < 4.78 is 63.6. The van der Waals surface area contributed by atoms with Gasteiger partial charge in [0.05, 0.1) is 31.7 Å². The smallest absolute Gasteiger partial charge is 0.748 e. The Morgan fingerprint density at radius 3 is 0.810 bits per heavy atom. The van der Waals surface area contributed by atoms with E-state index >= 15 is 0 Å². The van der Waals surface area contributed by atoms with E-state index in [-0.39, 0.29) is 62.6 Å². The van der Waals surface area contributed by atoms with Crippen LogP contribution in [0.15, 0.2) is 24.3 Å². The van der Waals surface area contributed by atoms with E-state index in [0.717, 1.165) is 38.5 Å². The van der Waals surface area contributed by atoms with Crippen LogP contribution >= 0.6 is 0 Å². The predicted octanol–water partition coefficient (Wildman–Crippen LogP) is 12.8. The van der Waals surface area contributed by atoms with E-state index in [0.29, 0.717) is 12.8 Å². The first-order chi connectivity index (χ1) is 29.7. The van der Waals surface area contributed by atoms with E-state index in [1.54, 1.807) is 14.1 Å². The van der Waals surface area contributed by atoms with Crippen LogP contribution in [0.3, 0.4) is 0 Å². The molecule has 0 aliphatic rings. The molecule has 0 rings (SSSR count). The molecule has 0 bridgehead atoms. The molecular weight excluding hydrogens is 861 g/mol. The summed E-state index contributed by atoms with van der Waals surface area (Å²) in [5, 5.41) is 0. The van der Waals surface area contributed by atoms with Crippen LogP contribution in [0.1, 0.15) is 245 Å². The summed E-state index contributed by atoms with van der Waals surface area (Å²) in [6.45, 7) is 4.50. The normalized spacial score (nSPS) is 11.8. The zero-order valence-corrected chi connectivity index (χ0v) is 45.1. The molecule has 2 amide bonds. The van der Waals surface area contributed by atoms with Crippen LogP contribution < -0.4 is 0 Å². The van der Waals surface area contributed by atoms with Gasteiger partial charge < -0.3 is 18.9 Å². The van der Waals surface area contributed by atoms with E-state index in [4.69, 9.17) is 0 Å². The number of rotatable bonds is 44. The van der Waals surface area contributed by atoms with E-state index < -0.39 is 31.7 Å². The van der Waals surface area contributed by atoms with Crippen LogP contribution in [-0.2, 0) is 29.8 Å².